The molecule has 0 aliphatic heterocycles. The predicted molar refractivity (Wildman–Crippen MR) is 107 cm³/mol. The molecule has 0 fully saturated rings. The summed E-state index contributed by atoms with van der Waals surface area (Å²) in [6.45, 7) is 1.44. The summed E-state index contributed by atoms with van der Waals surface area (Å²) >= 11 is 0. The minimum absolute atomic E-state index is 0.153. The Kier molecular flexibility index (Phi) is 5.81. The van der Waals surface area contributed by atoms with Crippen molar-refractivity contribution in [2.24, 2.45) is 0 Å². The number of hydrogen-bond donors (Lipinski definition) is 3. The lowest BCUT2D eigenvalue weighted by Crippen LogP contribution is -2.13. The minimum atomic E-state index is -0.326. The van der Waals surface area contributed by atoms with Crippen molar-refractivity contribution in [2.45, 2.75) is 6.92 Å². The molecule has 0 saturated carbocycles. The Bertz CT molecular complexity index is 989. The first-order chi connectivity index (χ1) is 13.5. The van der Waals surface area contributed by atoms with Crippen LogP contribution in [0.3, 0.4) is 0 Å². The van der Waals surface area contributed by atoms with Gasteiger partial charge >= 0.3 is 0 Å². The molecule has 3 aromatic rings. The summed E-state index contributed by atoms with van der Waals surface area (Å²) in [5.41, 5.74) is 2.30. The van der Waals surface area contributed by atoms with Gasteiger partial charge in [-0.3, -0.25) is 9.59 Å². The molecular formula is C20H19N5O3. The van der Waals surface area contributed by atoms with E-state index in [9.17, 15) is 9.59 Å². The Hall–Kier alpha value is -3.94. The van der Waals surface area contributed by atoms with Crippen LogP contribution in [0.5, 0.6) is 5.75 Å². The molecule has 0 aliphatic rings. The molecule has 1 heterocycles. The number of nitrogens with zero attached hydrogens (tertiary/aromatic N) is 2. The number of benzene rings is 2. The van der Waals surface area contributed by atoms with Gasteiger partial charge in [0.05, 0.1) is 12.7 Å². The van der Waals surface area contributed by atoms with E-state index < -0.39 is 0 Å². The van der Waals surface area contributed by atoms with Crippen LogP contribution in [0.15, 0.2) is 60.9 Å². The standard InChI is InChI=1S/C20H19N5O3/c1-13(26)23-15-5-3-6-16(9-15)25-20-21-11-14(12-22-20)19(27)24-17-7-4-8-18(10-17)28-2/h3-12H,1-2H3,(H,23,26)(H,24,27)(H,21,22,25). The topological polar surface area (TPSA) is 105 Å². The summed E-state index contributed by atoms with van der Waals surface area (Å²) in [5.74, 6) is 0.500. The van der Waals surface area contributed by atoms with Crippen LogP contribution in [0, 0.1) is 0 Å². The maximum Gasteiger partial charge on any atom is 0.258 e. The molecule has 142 valence electrons. The second-order valence-corrected chi connectivity index (χ2v) is 5.87. The molecule has 3 N–H and O–H groups in total. The van der Waals surface area contributed by atoms with Crippen LogP contribution >= 0.6 is 0 Å². The van der Waals surface area contributed by atoms with Gasteiger partial charge in [0.1, 0.15) is 5.75 Å². The van der Waals surface area contributed by atoms with Crippen LogP contribution in [0.1, 0.15) is 17.3 Å². The average Bonchev–Trinajstić information content (AvgIpc) is 2.68. The number of nitrogens with one attached hydrogen (secondary N) is 3. The smallest absolute Gasteiger partial charge is 0.258 e. The molecule has 0 atom stereocenters. The van der Waals surface area contributed by atoms with Crippen LogP contribution in [0.4, 0.5) is 23.0 Å². The van der Waals surface area contributed by atoms with E-state index in [4.69, 9.17) is 4.74 Å². The SMILES string of the molecule is COc1cccc(NC(=O)c2cnc(Nc3cccc(NC(C)=O)c3)nc2)c1. The molecule has 2 aromatic carbocycles. The van der Waals surface area contributed by atoms with E-state index in [1.165, 1.54) is 19.3 Å². The summed E-state index contributed by atoms with van der Waals surface area (Å²) in [7, 11) is 1.56. The molecule has 0 spiro atoms. The molecule has 0 radical (unpaired) electrons. The first kappa shape index (κ1) is 18.8. The summed E-state index contributed by atoms with van der Waals surface area (Å²) in [6.07, 6.45) is 2.87. The van der Waals surface area contributed by atoms with Gasteiger partial charge in [-0.25, -0.2) is 9.97 Å². The zero-order valence-electron chi connectivity index (χ0n) is 15.4. The highest BCUT2D eigenvalue weighted by Crippen LogP contribution is 2.19. The van der Waals surface area contributed by atoms with E-state index in [1.807, 2.05) is 6.07 Å². The molecule has 3 rings (SSSR count). The number of hydrogen-bond acceptors (Lipinski definition) is 6. The molecule has 8 heteroatoms. The number of amides is 2. The Morgan fingerprint density at radius 1 is 0.893 bits per heavy atom. The average molecular weight is 377 g/mol. The highest BCUT2D eigenvalue weighted by atomic mass is 16.5. The molecule has 8 nitrogen and oxygen atoms in total. The van der Waals surface area contributed by atoms with Crippen LogP contribution in [0.25, 0.3) is 0 Å². The summed E-state index contributed by atoms with van der Waals surface area (Å²) in [5, 5.41) is 8.50. The number of anilines is 4. The lowest BCUT2D eigenvalue weighted by molar-refractivity contribution is -0.114. The van der Waals surface area contributed by atoms with Crippen LogP contribution in [-0.4, -0.2) is 28.9 Å². The van der Waals surface area contributed by atoms with E-state index in [0.29, 0.717) is 34.3 Å². The van der Waals surface area contributed by atoms with Gasteiger partial charge in [0.2, 0.25) is 11.9 Å². The van der Waals surface area contributed by atoms with Gasteiger partial charge in [0.25, 0.3) is 5.91 Å². The van der Waals surface area contributed by atoms with Gasteiger partial charge in [0, 0.05) is 42.4 Å². The Balaban J connectivity index is 1.66. The summed E-state index contributed by atoms with van der Waals surface area (Å²) in [6, 6.07) is 14.2. The number of methoxy groups -OCH3 is 1. The molecular weight excluding hydrogens is 358 g/mol. The Morgan fingerprint density at radius 2 is 1.54 bits per heavy atom. The van der Waals surface area contributed by atoms with Gasteiger partial charge in [-0.2, -0.15) is 0 Å². The maximum absolute atomic E-state index is 12.3. The van der Waals surface area contributed by atoms with Crippen molar-refractivity contribution in [3.8, 4) is 5.75 Å². The van der Waals surface area contributed by atoms with Crippen molar-refractivity contribution >= 4 is 34.8 Å². The fourth-order valence-electron chi connectivity index (χ4n) is 2.42. The first-order valence-corrected chi connectivity index (χ1v) is 8.45. The van der Waals surface area contributed by atoms with Gasteiger partial charge in [-0.05, 0) is 30.3 Å². The normalized spacial score (nSPS) is 10.1. The van der Waals surface area contributed by atoms with Crippen molar-refractivity contribution in [3.05, 3.63) is 66.5 Å². The third-order valence-electron chi connectivity index (χ3n) is 3.68. The number of ether oxygens (including phenoxy) is 1. The lowest BCUT2D eigenvalue weighted by atomic mass is 10.2. The van der Waals surface area contributed by atoms with E-state index in [2.05, 4.69) is 25.9 Å². The summed E-state index contributed by atoms with van der Waals surface area (Å²) < 4.78 is 5.14. The van der Waals surface area contributed by atoms with E-state index >= 15 is 0 Å². The monoisotopic (exact) mass is 377 g/mol. The van der Waals surface area contributed by atoms with Crippen molar-refractivity contribution in [2.75, 3.05) is 23.1 Å². The molecule has 0 saturated heterocycles. The van der Waals surface area contributed by atoms with Crippen LogP contribution in [0.2, 0.25) is 0 Å². The Labute approximate surface area is 162 Å². The van der Waals surface area contributed by atoms with Gasteiger partial charge in [0.15, 0.2) is 0 Å². The fraction of sp³-hybridized carbons (Fsp3) is 0.100. The third kappa shape index (κ3) is 5.04. The molecule has 0 bridgehead atoms. The van der Waals surface area contributed by atoms with E-state index in [1.54, 1.807) is 49.6 Å². The second kappa shape index (κ2) is 8.63. The van der Waals surface area contributed by atoms with Crippen molar-refractivity contribution < 1.29 is 14.3 Å². The first-order valence-electron chi connectivity index (χ1n) is 8.45. The van der Waals surface area contributed by atoms with Crippen molar-refractivity contribution in [1.82, 2.24) is 9.97 Å². The van der Waals surface area contributed by atoms with Crippen LogP contribution in [-0.2, 0) is 4.79 Å². The number of rotatable bonds is 6. The molecule has 28 heavy (non-hydrogen) atoms. The van der Waals surface area contributed by atoms with E-state index in [-0.39, 0.29) is 11.8 Å². The van der Waals surface area contributed by atoms with E-state index in [0.717, 1.165) is 0 Å². The number of aromatic nitrogens is 2. The molecule has 0 unspecified atom stereocenters. The molecule has 0 aliphatic carbocycles. The summed E-state index contributed by atoms with van der Waals surface area (Å²) in [4.78, 5) is 31.8. The molecule has 1 aromatic heterocycles. The number of carbonyl (C=O) groups excluding carboxylic acids is 2. The zero-order chi connectivity index (χ0) is 19.9. The fourth-order valence-corrected chi connectivity index (χ4v) is 2.42. The predicted octanol–water partition coefficient (Wildman–Crippen LogP) is 3.44. The zero-order valence-corrected chi connectivity index (χ0v) is 15.4. The molecule has 2 amide bonds. The minimum Gasteiger partial charge on any atom is -0.497 e. The van der Waals surface area contributed by atoms with Gasteiger partial charge in [-0.1, -0.05) is 12.1 Å². The number of carbonyl (C=O) groups is 2. The Morgan fingerprint density at radius 3 is 2.21 bits per heavy atom. The van der Waals surface area contributed by atoms with Gasteiger partial charge in [-0.15, -0.1) is 0 Å². The van der Waals surface area contributed by atoms with Crippen molar-refractivity contribution in [3.63, 3.8) is 0 Å². The van der Waals surface area contributed by atoms with Crippen LogP contribution < -0.4 is 20.7 Å². The maximum atomic E-state index is 12.3. The highest BCUT2D eigenvalue weighted by molar-refractivity contribution is 6.04. The largest absolute Gasteiger partial charge is 0.497 e. The highest BCUT2D eigenvalue weighted by Gasteiger charge is 2.09. The second-order valence-electron chi connectivity index (χ2n) is 5.87. The van der Waals surface area contributed by atoms with Crippen molar-refractivity contribution in [1.29, 1.82) is 0 Å². The van der Waals surface area contributed by atoms with Gasteiger partial charge < -0.3 is 20.7 Å². The third-order valence-corrected chi connectivity index (χ3v) is 3.68. The quantitative estimate of drug-likeness (QED) is 0.608. The lowest BCUT2D eigenvalue weighted by Gasteiger charge is -2.09.